The van der Waals surface area contributed by atoms with Crippen molar-refractivity contribution in [2.75, 3.05) is 19.7 Å². The zero-order chi connectivity index (χ0) is 11.4. The first-order chi connectivity index (χ1) is 7.75. The van der Waals surface area contributed by atoms with Crippen molar-refractivity contribution in [1.82, 2.24) is 4.90 Å². The second-order valence-electron chi connectivity index (χ2n) is 5.46. The third-order valence-corrected chi connectivity index (χ3v) is 4.04. The Bertz CT molecular complexity index is 204. The Kier molecular flexibility index (Phi) is 4.62. The van der Waals surface area contributed by atoms with Crippen molar-refractivity contribution in [2.45, 2.75) is 63.6 Å². The maximum atomic E-state index is 6.01. The Morgan fingerprint density at radius 1 is 1.31 bits per heavy atom. The third kappa shape index (κ3) is 3.44. The van der Waals surface area contributed by atoms with Crippen LogP contribution in [0.4, 0.5) is 0 Å². The predicted molar refractivity (Wildman–Crippen MR) is 66.5 cm³/mol. The number of piperidine rings is 1. The number of ether oxygens (including phenoxy) is 1. The molecule has 2 aliphatic rings. The lowest BCUT2D eigenvalue weighted by atomic mass is 9.99. The van der Waals surface area contributed by atoms with E-state index in [0.717, 1.165) is 19.2 Å². The van der Waals surface area contributed by atoms with Crippen molar-refractivity contribution in [3.8, 4) is 0 Å². The number of nitrogens with zero attached hydrogens (tertiary/aromatic N) is 1. The third-order valence-electron chi connectivity index (χ3n) is 4.04. The maximum Gasteiger partial charge on any atom is 0.0576 e. The second-order valence-corrected chi connectivity index (χ2v) is 5.46. The predicted octanol–water partition coefficient (Wildman–Crippen LogP) is 1.76. The van der Waals surface area contributed by atoms with E-state index in [1.165, 1.54) is 45.1 Å². The quantitative estimate of drug-likeness (QED) is 0.794. The highest BCUT2D eigenvalue weighted by atomic mass is 16.5. The summed E-state index contributed by atoms with van der Waals surface area (Å²) in [6.45, 7) is 5.61. The van der Waals surface area contributed by atoms with Gasteiger partial charge >= 0.3 is 0 Å². The SMILES string of the molecule is CC1CCC(N)CN1CCCC1CCCO1. The Labute approximate surface area is 99.3 Å². The van der Waals surface area contributed by atoms with Gasteiger partial charge in [-0.25, -0.2) is 0 Å². The summed E-state index contributed by atoms with van der Waals surface area (Å²) in [5, 5.41) is 0. The van der Waals surface area contributed by atoms with E-state index in [-0.39, 0.29) is 0 Å². The number of likely N-dealkylation sites (tertiary alicyclic amines) is 1. The standard InChI is InChI=1S/C13H26N2O/c1-11-6-7-12(14)10-15(11)8-2-4-13-5-3-9-16-13/h11-13H,2-10,14H2,1H3. The first-order valence-electron chi connectivity index (χ1n) is 6.87. The number of nitrogens with two attached hydrogens (primary N) is 1. The lowest BCUT2D eigenvalue weighted by Crippen LogP contribution is -2.47. The molecule has 0 spiro atoms. The summed E-state index contributed by atoms with van der Waals surface area (Å²) >= 11 is 0. The molecule has 3 nitrogen and oxygen atoms in total. The average molecular weight is 226 g/mol. The average Bonchev–Trinajstić information content (AvgIpc) is 2.76. The fourth-order valence-electron chi connectivity index (χ4n) is 2.92. The van der Waals surface area contributed by atoms with E-state index >= 15 is 0 Å². The van der Waals surface area contributed by atoms with Crippen LogP contribution in [0, 0.1) is 0 Å². The summed E-state index contributed by atoms with van der Waals surface area (Å²) in [7, 11) is 0. The van der Waals surface area contributed by atoms with Crippen LogP contribution < -0.4 is 5.73 Å². The van der Waals surface area contributed by atoms with Gasteiger partial charge in [-0.1, -0.05) is 0 Å². The van der Waals surface area contributed by atoms with Crippen LogP contribution in [-0.4, -0.2) is 42.8 Å². The summed E-state index contributed by atoms with van der Waals surface area (Å²) < 4.78 is 5.65. The lowest BCUT2D eigenvalue weighted by molar-refractivity contribution is 0.0909. The minimum Gasteiger partial charge on any atom is -0.378 e. The normalized spacial score (nSPS) is 36.8. The van der Waals surface area contributed by atoms with Crippen LogP contribution in [0.2, 0.25) is 0 Å². The highest BCUT2D eigenvalue weighted by Crippen LogP contribution is 2.19. The fourth-order valence-corrected chi connectivity index (χ4v) is 2.92. The van der Waals surface area contributed by atoms with Crippen LogP contribution in [0.5, 0.6) is 0 Å². The lowest BCUT2D eigenvalue weighted by Gasteiger charge is -2.36. The summed E-state index contributed by atoms with van der Waals surface area (Å²) in [5.41, 5.74) is 6.01. The highest BCUT2D eigenvalue weighted by molar-refractivity contribution is 4.81. The van der Waals surface area contributed by atoms with Crippen molar-refractivity contribution in [3.05, 3.63) is 0 Å². The Morgan fingerprint density at radius 3 is 2.94 bits per heavy atom. The van der Waals surface area contributed by atoms with E-state index in [0.29, 0.717) is 12.1 Å². The molecule has 0 aliphatic carbocycles. The molecule has 0 bridgehead atoms. The topological polar surface area (TPSA) is 38.5 Å². The molecule has 0 aromatic carbocycles. The molecule has 94 valence electrons. The van der Waals surface area contributed by atoms with E-state index in [1.54, 1.807) is 0 Å². The van der Waals surface area contributed by atoms with Crippen LogP contribution in [-0.2, 0) is 4.74 Å². The van der Waals surface area contributed by atoms with Crippen molar-refractivity contribution < 1.29 is 4.74 Å². The molecular weight excluding hydrogens is 200 g/mol. The van der Waals surface area contributed by atoms with Gasteiger partial charge in [-0.3, -0.25) is 4.90 Å². The molecule has 0 aromatic rings. The summed E-state index contributed by atoms with van der Waals surface area (Å²) in [4.78, 5) is 2.56. The zero-order valence-corrected chi connectivity index (χ0v) is 10.5. The summed E-state index contributed by atoms with van der Waals surface area (Å²) in [5.74, 6) is 0. The minimum absolute atomic E-state index is 0.402. The molecule has 0 aromatic heterocycles. The second kappa shape index (κ2) is 5.99. The van der Waals surface area contributed by atoms with Gasteiger partial charge in [-0.2, -0.15) is 0 Å². The van der Waals surface area contributed by atoms with Crippen molar-refractivity contribution in [1.29, 1.82) is 0 Å². The molecule has 0 saturated carbocycles. The van der Waals surface area contributed by atoms with Gasteiger partial charge < -0.3 is 10.5 Å². The van der Waals surface area contributed by atoms with E-state index in [4.69, 9.17) is 10.5 Å². The zero-order valence-electron chi connectivity index (χ0n) is 10.5. The molecule has 2 N–H and O–H groups in total. The summed E-state index contributed by atoms with van der Waals surface area (Å²) in [6, 6.07) is 1.13. The molecule has 2 saturated heterocycles. The first kappa shape index (κ1) is 12.3. The van der Waals surface area contributed by atoms with E-state index < -0.39 is 0 Å². The van der Waals surface area contributed by atoms with Gasteiger partial charge in [0.2, 0.25) is 0 Å². The maximum absolute atomic E-state index is 6.01. The Balaban J connectivity index is 1.63. The molecule has 2 fully saturated rings. The molecule has 3 atom stereocenters. The minimum atomic E-state index is 0.402. The van der Waals surface area contributed by atoms with Crippen molar-refractivity contribution >= 4 is 0 Å². The molecule has 2 rings (SSSR count). The number of rotatable bonds is 4. The molecule has 2 heterocycles. The van der Waals surface area contributed by atoms with Gasteiger partial charge in [0.05, 0.1) is 6.10 Å². The van der Waals surface area contributed by atoms with Crippen LogP contribution in [0.1, 0.15) is 45.4 Å². The van der Waals surface area contributed by atoms with Crippen LogP contribution in [0.15, 0.2) is 0 Å². The first-order valence-corrected chi connectivity index (χ1v) is 6.87. The molecular formula is C13H26N2O. The molecule has 3 unspecified atom stereocenters. The molecule has 16 heavy (non-hydrogen) atoms. The number of hydrogen-bond donors (Lipinski definition) is 1. The van der Waals surface area contributed by atoms with Gasteiger partial charge in [0, 0.05) is 25.2 Å². The number of hydrogen-bond acceptors (Lipinski definition) is 3. The molecule has 0 radical (unpaired) electrons. The van der Waals surface area contributed by atoms with Gasteiger partial charge in [0.15, 0.2) is 0 Å². The van der Waals surface area contributed by atoms with Gasteiger partial charge in [0.25, 0.3) is 0 Å². The van der Waals surface area contributed by atoms with Gasteiger partial charge in [-0.05, 0) is 52.0 Å². The van der Waals surface area contributed by atoms with Gasteiger partial charge in [-0.15, -0.1) is 0 Å². The van der Waals surface area contributed by atoms with Crippen LogP contribution >= 0.6 is 0 Å². The van der Waals surface area contributed by atoms with E-state index in [2.05, 4.69) is 11.8 Å². The van der Waals surface area contributed by atoms with Crippen LogP contribution in [0.3, 0.4) is 0 Å². The molecule has 2 aliphatic heterocycles. The van der Waals surface area contributed by atoms with E-state index in [1.807, 2.05) is 0 Å². The largest absolute Gasteiger partial charge is 0.378 e. The monoisotopic (exact) mass is 226 g/mol. The van der Waals surface area contributed by atoms with Crippen molar-refractivity contribution in [3.63, 3.8) is 0 Å². The fraction of sp³-hybridized carbons (Fsp3) is 1.00. The highest BCUT2D eigenvalue weighted by Gasteiger charge is 2.23. The Morgan fingerprint density at radius 2 is 2.19 bits per heavy atom. The Hall–Kier alpha value is -0.120. The molecule has 0 amide bonds. The smallest absolute Gasteiger partial charge is 0.0576 e. The van der Waals surface area contributed by atoms with Crippen LogP contribution in [0.25, 0.3) is 0 Å². The van der Waals surface area contributed by atoms with E-state index in [9.17, 15) is 0 Å². The van der Waals surface area contributed by atoms with Gasteiger partial charge in [0.1, 0.15) is 0 Å². The molecule has 3 heteroatoms. The summed E-state index contributed by atoms with van der Waals surface area (Å²) in [6.07, 6.45) is 8.05. The van der Waals surface area contributed by atoms with Crippen molar-refractivity contribution in [2.24, 2.45) is 5.73 Å².